The predicted octanol–water partition coefficient (Wildman–Crippen LogP) is 2.79. The zero-order valence-corrected chi connectivity index (χ0v) is 13.5. The molecule has 1 aromatic rings. The van der Waals surface area contributed by atoms with Crippen LogP contribution in [0.5, 0.6) is 0 Å². The van der Waals surface area contributed by atoms with Gasteiger partial charge in [0, 0.05) is 33.9 Å². The summed E-state index contributed by atoms with van der Waals surface area (Å²) in [7, 11) is 3.68. The average Bonchev–Trinajstić information content (AvgIpc) is 2.63. The van der Waals surface area contributed by atoms with Gasteiger partial charge >= 0.3 is 0 Å². The van der Waals surface area contributed by atoms with Crippen LogP contribution in [0.2, 0.25) is 5.02 Å². The number of ether oxygens (including phenoxy) is 1. The summed E-state index contributed by atoms with van der Waals surface area (Å²) in [5.74, 6) is 0. The summed E-state index contributed by atoms with van der Waals surface area (Å²) < 4.78 is 7.01. The molecule has 0 fully saturated rings. The lowest BCUT2D eigenvalue weighted by atomic mass is 9.90. The number of rotatable bonds is 8. The van der Waals surface area contributed by atoms with Crippen molar-refractivity contribution in [3.8, 4) is 0 Å². The Hall–Kier alpha value is -0.580. The molecule has 1 heterocycles. The number of aromatic nitrogens is 2. The van der Waals surface area contributed by atoms with Crippen molar-refractivity contribution in [3.05, 3.63) is 16.4 Å². The number of hydrogen-bond acceptors (Lipinski definition) is 3. The summed E-state index contributed by atoms with van der Waals surface area (Å²) in [6, 6.07) is 0. The highest BCUT2D eigenvalue weighted by Gasteiger charge is 2.18. The minimum Gasteiger partial charge on any atom is -0.385 e. The fraction of sp³-hybridized carbons (Fsp3) is 0.786. The molecular formula is C14H26ClN3O. The Morgan fingerprint density at radius 3 is 2.63 bits per heavy atom. The van der Waals surface area contributed by atoms with Gasteiger partial charge in [-0.15, -0.1) is 0 Å². The summed E-state index contributed by atoms with van der Waals surface area (Å²) in [5.41, 5.74) is 2.25. The van der Waals surface area contributed by atoms with E-state index >= 15 is 0 Å². The third-order valence-electron chi connectivity index (χ3n) is 3.38. The van der Waals surface area contributed by atoms with Crippen LogP contribution in [0.15, 0.2) is 0 Å². The van der Waals surface area contributed by atoms with Crippen LogP contribution in [0.3, 0.4) is 0 Å². The van der Waals surface area contributed by atoms with Crippen molar-refractivity contribution in [1.82, 2.24) is 15.1 Å². The smallest absolute Gasteiger partial charge is 0.0863 e. The summed E-state index contributed by atoms with van der Waals surface area (Å²) in [6.45, 7) is 9.02. The van der Waals surface area contributed by atoms with Gasteiger partial charge in [-0.25, -0.2) is 0 Å². The van der Waals surface area contributed by atoms with Gasteiger partial charge in [0.1, 0.15) is 0 Å². The van der Waals surface area contributed by atoms with E-state index in [1.165, 1.54) is 0 Å². The van der Waals surface area contributed by atoms with Gasteiger partial charge in [-0.1, -0.05) is 32.4 Å². The van der Waals surface area contributed by atoms with Crippen LogP contribution in [-0.2, 0) is 24.8 Å². The Labute approximate surface area is 121 Å². The number of nitrogens with one attached hydrogen (secondary N) is 1. The zero-order chi connectivity index (χ0) is 14.5. The van der Waals surface area contributed by atoms with Crippen LogP contribution < -0.4 is 5.32 Å². The maximum Gasteiger partial charge on any atom is 0.0863 e. The summed E-state index contributed by atoms with van der Waals surface area (Å²) in [4.78, 5) is 0. The van der Waals surface area contributed by atoms with E-state index < -0.39 is 0 Å². The van der Waals surface area contributed by atoms with Crippen LogP contribution in [0.25, 0.3) is 0 Å². The van der Waals surface area contributed by atoms with Gasteiger partial charge in [-0.3, -0.25) is 4.68 Å². The standard InChI is InChI=1S/C14H26ClN3O/c1-6-11-13(15)12(18(4)17-11)9-16-10-14(2,3)7-8-19-5/h16H,6-10H2,1-5H3. The average molecular weight is 288 g/mol. The van der Waals surface area contributed by atoms with E-state index in [-0.39, 0.29) is 5.41 Å². The van der Waals surface area contributed by atoms with Crippen molar-refractivity contribution in [1.29, 1.82) is 0 Å². The predicted molar refractivity (Wildman–Crippen MR) is 79.6 cm³/mol. The normalized spacial score (nSPS) is 12.1. The SMILES string of the molecule is CCc1nn(C)c(CNCC(C)(C)CCOC)c1Cl. The van der Waals surface area contributed by atoms with Crippen LogP contribution in [0, 0.1) is 5.41 Å². The minimum absolute atomic E-state index is 0.217. The van der Waals surface area contributed by atoms with Crippen molar-refractivity contribution >= 4 is 11.6 Å². The Morgan fingerprint density at radius 2 is 2.11 bits per heavy atom. The first-order valence-corrected chi connectivity index (χ1v) is 7.19. The number of hydrogen-bond donors (Lipinski definition) is 1. The third kappa shape index (κ3) is 4.79. The second-order valence-electron chi connectivity index (χ2n) is 5.70. The largest absolute Gasteiger partial charge is 0.385 e. The van der Waals surface area contributed by atoms with Crippen molar-refractivity contribution in [3.63, 3.8) is 0 Å². The molecule has 0 radical (unpaired) electrons. The van der Waals surface area contributed by atoms with E-state index in [0.29, 0.717) is 0 Å². The monoisotopic (exact) mass is 287 g/mol. The molecule has 0 bridgehead atoms. The lowest BCUT2D eigenvalue weighted by Gasteiger charge is -2.24. The van der Waals surface area contributed by atoms with Gasteiger partial charge in [0.15, 0.2) is 0 Å². The van der Waals surface area contributed by atoms with E-state index in [2.05, 4.69) is 31.2 Å². The van der Waals surface area contributed by atoms with Gasteiger partial charge in [0.25, 0.3) is 0 Å². The van der Waals surface area contributed by atoms with Crippen LogP contribution in [0.1, 0.15) is 38.6 Å². The van der Waals surface area contributed by atoms with E-state index in [4.69, 9.17) is 16.3 Å². The molecule has 0 aliphatic carbocycles. The molecule has 0 aromatic carbocycles. The first kappa shape index (κ1) is 16.5. The van der Waals surface area contributed by atoms with E-state index in [9.17, 15) is 0 Å². The number of aryl methyl sites for hydroxylation is 2. The lowest BCUT2D eigenvalue weighted by molar-refractivity contribution is 0.150. The number of methoxy groups -OCH3 is 1. The maximum atomic E-state index is 6.32. The van der Waals surface area contributed by atoms with Crippen molar-refractivity contribution in [2.45, 2.75) is 40.2 Å². The molecule has 110 valence electrons. The third-order valence-corrected chi connectivity index (χ3v) is 3.82. The molecule has 0 aliphatic rings. The zero-order valence-electron chi connectivity index (χ0n) is 12.7. The van der Waals surface area contributed by atoms with Crippen LogP contribution in [0.4, 0.5) is 0 Å². The molecule has 4 nitrogen and oxygen atoms in total. The highest BCUT2D eigenvalue weighted by atomic mass is 35.5. The van der Waals surface area contributed by atoms with Gasteiger partial charge in [-0.05, 0) is 18.3 Å². The highest BCUT2D eigenvalue weighted by Crippen LogP contribution is 2.22. The first-order valence-electron chi connectivity index (χ1n) is 6.81. The Kier molecular flexibility index (Phi) is 6.30. The second-order valence-corrected chi connectivity index (χ2v) is 6.07. The van der Waals surface area contributed by atoms with Crippen molar-refractivity contribution in [2.75, 3.05) is 20.3 Å². The quantitative estimate of drug-likeness (QED) is 0.799. The van der Waals surface area contributed by atoms with E-state index in [0.717, 1.165) is 48.9 Å². The molecule has 19 heavy (non-hydrogen) atoms. The number of halogens is 1. The molecule has 0 spiro atoms. The first-order chi connectivity index (χ1) is 8.91. The molecular weight excluding hydrogens is 262 g/mol. The molecule has 1 rings (SSSR count). The highest BCUT2D eigenvalue weighted by molar-refractivity contribution is 6.31. The Bertz CT molecular complexity index is 402. The fourth-order valence-corrected chi connectivity index (χ4v) is 2.36. The van der Waals surface area contributed by atoms with Crippen molar-refractivity contribution in [2.24, 2.45) is 12.5 Å². The summed E-state index contributed by atoms with van der Waals surface area (Å²) in [5, 5.41) is 8.69. The van der Waals surface area contributed by atoms with Gasteiger partial charge < -0.3 is 10.1 Å². The van der Waals surface area contributed by atoms with Gasteiger partial charge in [0.2, 0.25) is 0 Å². The topological polar surface area (TPSA) is 39.1 Å². The molecule has 0 aliphatic heterocycles. The van der Waals surface area contributed by atoms with E-state index in [1.807, 2.05) is 11.7 Å². The van der Waals surface area contributed by atoms with Crippen LogP contribution >= 0.6 is 11.6 Å². The van der Waals surface area contributed by atoms with Gasteiger partial charge in [-0.2, -0.15) is 5.10 Å². The molecule has 1 aromatic heterocycles. The molecule has 1 N–H and O–H groups in total. The van der Waals surface area contributed by atoms with Gasteiger partial charge in [0.05, 0.1) is 16.4 Å². The molecule has 0 unspecified atom stereocenters. The summed E-state index contributed by atoms with van der Waals surface area (Å²) >= 11 is 6.32. The molecule has 0 amide bonds. The Morgan fingerprint density at radius 1 is 1.42 bits per heavy atom. The number of nitrogens with zero attached hydrogens (tertiary/aromatic N) is 2. The van der Waals surface area contributed by atoms with Crippen LogP contribution in [-0.4, -0.2) is 30.0 Å². The van der Waals surface area contributed by atoms with Crippen molar-refractivity contribution < 1.29 is 4.74 Å². The minimum atomic E-state index is 0.217. The molecule has 5 heteroatoms. The van der Waals surface area contributed by atoms with E-state index in [1.54, 1.807) is 7.11 Å². The Balaban J connectivity index is 2.51. The lowest BCUT2D eigenvalue weighted by Crippen LogP contribution is -2.30. The summed E-state index contributed by atoms with van der Waals surface area (Å²) in [6.07, 6.45) is 1.90. The fourth-order valence-electron chi connectivity index (χ4n) is 2.00. The molecule has 0 saturated heterocycles. The molecule has 0 saturated carbocycles. The second kappa shape index (κ2) is 7.27. The molecule has 0 atom stereocenters. The maximum absolute atomic E-state index is 6.32.